The maximum absolute atomic E-state index is 13.7. The van der Waals surface area contributed by atoms with E-state index >= 15 is 0 Å². The van der Waals surface area contributed by atoms with Gasteiger partial charge in [-0.15, -0.1) is 42.0 Å². The van der Waals surface area contributed by atoms with E-state index in [9.17, 15) is 13.2 Å². The summed E-state index contributed by atoms with van der Waals surface area (Å²) >= 11 is 0. The number of aromatic nitrogens is 2. The van der Waals surface area contributed by atoms with Crippen molar-refractivity contribution >= 4 is 0 Å². The first kappa shape index (κ1) is 25.0. The van der Waals surface area contributed by atoms with Crippen molar-refractivity contribution in [2.45, 2.75) is 0 Å². The molecular weight excluding hydrogens is 614 g/mol. The minimum atomic E-state index is -1.25. The van der Waals surface area contributed by atoms with Gasteiger partial charge in [-0.25, -0.2) is 8.78 Å². The first-order chi connectivity index (χ1) is 16.1. The zero-order valence-electron chi connectivity index (χ0n) is 17.7. The third-order valence-electron chi connectivity index (χ3n) is 4.70. The van der Waals surface area contributed by atoms with Gasteiger partial charge in [0.15, 0.2) is 0 Å². The van der Waals surface area contributed by atoms with Gasteiger partial charge in [0, 0.05) is 38.3 Å². The zero-order chi connectivity index (χ0) is 23.0. The Kier molecular flexibility index (Phi) is 8.86. The Morgan fingerprint density at radius 3 is 2.09 bits per heavy atom. The van der Waals surface area contributed by atoms with Crippen LogP contribution >= 0.6 is 0 Å². The van der Waals surface area contributed by atoms with Crippen LogP contribution in [0.25, 0.3) is 33.6 Å². The van der Waals surface area contributed by atoms with Crippen molar-refractivity contribution in [1.82, 2.24) is 9.97 Å². The Labute approximate surface area is 209 Å². The molecule has 5 rings (SSSR count). The number of hydrogen-bond acceptors (Lipinski definition) is 2. The summed E-state index contributed by atoms with van der Waals surface area (Å²) < 4.78 is 40.0. The molecule has 0 aliphatic rings. The number of nitrogens with zero attached hydrogens (tertiary/aromatic N) is 2. The predicted molar refractivity (Wildman–Crippen MR) is 122 cm³/mol. The van der Waals surface area contributed by atoms with Crippen LogP contribution in [0.5, 0.6) is 0 Å². The van der Waals surface area contributed by atoms with Gasteiger partial charge in [0.1, 0.15) is 0 Å². The van der Waals surface area contributed by atoms with Crippen LogP contribution in [0.15, 0.2) is 103 Å². The first-order valence-electron chi connectivity index (χ1n) is 10.1. The molecule has 0 aliphatic carbocycles. The van der Waals surface area contributed by atoms with Gasteiger partial charge in [-0.05, 0) is 28.6 Å². The third kappa shape index (κ3) is 6.25. The zero-order valence-corrected chi connectivity index (χ0v) is 20.1. The molecule has 34 heavy (non-hydrogen) atoms. The minimum absolute atomic E-state index is 0. The molecule has 3 aromatic carbocycles. The third-order valence-corrected chi connectivity index (χ3v) is 4.70. The van der Waals surface area contributed by atoms with E-state index in [0.29, 0.717) is 6.07 Å². The van der Waals surface area contributed by atoms with Gasteiger partial charge in [-0.1, -0.05) is 66.2 Å². The van der Waals surface area contributed by atoms with Crippen LogP contribution in [0, 0.1) is 29.6 Å². The van der Waals surface area contributed by atoms with E-state index in [-0.39, 0.29) is 31.4 Å². The average molecular weight is 631 g/mol. The Balaban J connectivity index is 0.000000212. The fourth-order valence-electron chi connectivity index (χ4n) is 3.10. The molecule has 5 aromatic rings. The van der Waals surface area contributed by atoms with Crippen molar-refractivity contribution in [1.29, 1.82) is 0 Å². The summed E-state index contributed by atoms with van der Waals surface area (Å²) in [6.07, 6.45) is 3.32. The molecule has 0 spiro atoms. The van der Waals surface area contributed by atoms with Gasteiger partial charge < -0.3 is 9.97 Å². The van der Waals surface area contributed by atoms with E-state index in [1.165, 1.54) is 12.3 Å². The van der Waals surface area contributed by atoms with Gasteiger partial charge in [0.2, 0.25) is 0 Å². The van der Waals surface area contributed by atoms with E-state index in [0.717, 1.165) is 22.4 Å². The normalized spacial score (nSPS) is 9.97. The molecule has 0 saturated heterocycles. The second-order valence-electron chi connectivity index (χ2n) is 6.94. The molecule has 0 fully saturated rings. The molecular formula is C28H17F3IrN2-2. The summed E-state index contributed by atoms with van der Waals surface area (Å²) in [6.45, 7) is 0. The number of halogens is 3. The van der Waals surface area contributed by atoms with Gasteiger partial charge in [-0.3, -0.25) is 4.39 Å². The predicted octanol–water partition coefficient (Wildman–Crippen LogP) is 7.18. The number of benzene rings is 3. The summed E-state index contributed by atoms with van der Waals surface area (Å²) in [7, 11) is 0. The number of hydrogen-bond donors (Lipinski definition) is 0. The van der Waals surface area contributed by atoms with Crippen LogP contribution in [0.1, 0.15) is 0 Å². The molecule has 6 heteroatoms. The average Bonchev–Trinajstić information content (AvgIpc) is 2.88. The maximum Gasteiger partial charge on any atom is 0.0792 e. The van der Waals surface area contributed by atoms with Gasteiger partial charge in [0.05, 0.1) is 11.6 Å². The molecule has 0 N–H and O–H groups in total. The molecule has 0 saturated carbocycles. The summed E-state index contributed by atoms with van der Waals surface area (Å²) in [5, 5.41) is 0. The molecule has 0 unspecified atom stereocenters. The van der Waals surface area contributed by atoms with Gasteiger partial charge >= 0.3 is 0 Å². The largest absolute Gasteiger partial charge is 0.305 e. The standard InChI is InChI=1S/C17H9F3N.C11H8N.Ir/c18-13-8-14(17(20)15(19)9-13)16-7-6-12(10-21-16)11-4-2-1-3-5-11;1-2-6-10(7-3-1)11-8-4-5-9-12-11;/h1-7,9-10H;1-6,8-9H;/q2*-1;. The Morgan fingerprint density at radius 1 is 0.676 bits per heavy atom. The monoisotopic (exact) mass is 631 g/mol. The molecule has 1 radical (unpaired) electrons. The molecule has 171 valence electrons. The molecule has 2 aromatic heterocycles. The van der Waals surface area contributed by atoms with Crippen LogP contribution in [0.2, 0.25) is 0 Å². The molecule has 0 amide bonds. The fourth-order valence-corrected chi connectivity index (χ4v) is 3.10. The van der Waals surface area contributed by atoms with E-state index in [1.807, 2.05) is 72.8 Å². The van der Waals surface area contributed by atoms with E-state index in [4.69, 9.17) is 0 Å². The van der Waals surface area contributed by atoms with Crippen molar-refractivity contribution in [3.05, 3.63) is 133 Å². The smallest absolute Gasteiger partial charge is 0.0792 e. The second kappa shape index (κ2) is 12.0. The van der Waals surface area contributed by atoms with Crippen LogP contribution in [0.4, 0.5) is 13.2 Å². The van der Waals surface area contributed by atoms with Crippen LogP contribution in [0.3, 0.4) is 0 Å². The SMILES string of the molecule is Fc1[c-]c(-c2ccc(-c3ccccc3)cn2)c(F)c(F)c1.[Ir].[c-]1ccccc1-c1ccccn1. The molecule has 0 bridgehead atoms. The topological polar surface area (TPSA) is 25.8 Å². The summed E-state index contributed by atoms with van der Waals surface area (Å²) in [6, 6.07) is 32.1. The number of pyridine rings is 2. The van der Waals surface area contributed by atoms with Crippen molar-refractivity contribution in [2.24, 2.45) is 0 Å². The second-order valence-corrected chi connectivity index (χ2v) is 6.94. The van der Waals surface area contributed by atoms with Crippen LogP contribution in [-0.2, 0) is 20.1 Å². The Hall–Kier alpha value is -3.60. The van der Waals surface area contributed by atoms with Crippen LogP contribution in [-0.4, -0.2) is 9.97 Å². The Morgan fingerprint density at radius 2 is 1.44 bits per heavy atom. The van der Waals surface area contributed by atoms with E-state index < -0.39 is 17.5 Å². The Bertz CT molecular complexity index is 1280. The summed E-state index contributed by atoms with van der Waals surface area (Å²) in [4.78, 5) is 8.28. The van der Waals surface area contributed by atoms with Gasteiger partial charge in [-0.2, -0.15) is 0 Å². The van der Waals surface area contributed by atoms with E-state index in [1.54, 1.807) is 12.3 Å². The molecule has 2 nitrogen and oxygen atoms in total. The first-order valence-corrected chi connectivity index (χ1v) is 10.1. The molecule has 0 atom stereocenters. The van der Waals surface area contributed by atoms with Crippen molar-refractivity contribution in [2.75, 3.05) is 0 Å². The molecule has 2 heterocycles. The molecule has 0 aliphatic heterocycles. The van der Waals surface area contributed by atoms with Crippen molar-refractivity contribution in [3.8, 4) is 33.6 Å². The summed E-state index contributed by atoms with van der Waals surface area (Å²) in [5.74, 6) is -3.37. The fraction of sp³-hybridized carbons (Fsp3) is 0. The van der Waals surface area contributed by atoms with Crippen molar-refractivity contribution < 1.29 is 33.3 Å². The quantitative estimate of drug-likeness (QED) is 0.156. The summed E-state index contributed by atoms with van der Waals surface area (Å²) in [5.41, 5.74) is 3.61. The van der Waals surface area contributed by atoms with Gasteiger partial charge in [0.25, 0.3) is 0 Å². The van der Waals surface area contributed by atoms with Crippen LogP contribution < -0.4 is 0 Å². The number of rotatable bonds is 3. The van der Waals surface area contributed by atoms with E-state index in [2.05, 4.69) is 22.1 Å². The maximum atomic E-state index is 13.7. The van der Waals surface area contributed by atoms with Crippen molar-refractivity contribution in [3.63, 3.8) is 0 Å². The minimum Gasteiger partial charge on any atom is -0.305 e.